The molecule has 0 unspecified atom stereocenters. The fourth-order valence-electron chi connectivity index (χ4n) is 3.05. The first-order valence-corrected chi connectivity index (χ1v) is 8.50. The van der Waals surface area contributed by atoms with Gasteiger partial charge in [-0.05, 0) is 29.7 Å². The summed E-state index contributed by atoms with van der Waals surface area (Å²) in [6, 6.07) is 7.95. The minimum absolute atomic E-state index is 0.0142. The maximum Gasteiger partial charge on any atom is 0.146 e. The van der Waals surface area contributed by atoms with Crippen molar-refractivity contribution in [3.05, 3.63) is 58.8 Å². The van der Waals surface area contributed by atoms with Crippen molar-refractivity contribution >= 4 is 5.82 Å². The van der Waals surface area contributed by atoms with Crippen molar-refractivity contribution in [1.82, 2.24) is 10.3 Å². The van der Waals surface area contributed by atoms with Crippen LogP contribution in [0.2, 0.25) is 0 Å². The van der Waals surface area contributed by atoms with Gasteiger partial charge in [-0.25, -0.2) is 13.8 Å². The van der Waals surface area contributed by atoms with Crippen LogP contribution in [0, 0.1) is 17.6 Å². The van der Waals surface area contributed by atoms with E-state index in [9.17, 15) is 13.9 Å². The van der Waals surface area contributed by atoms with Gasteiger partial charge in [-0.3, -0.25) is 0 Å². The molecular formula is C19H23F2N3O. The van der Waals surface area contributed by atoms with E-state index in [0.29, 0.717) is 30.2 Å². The lowest BCUT2D eigenvalue weighted by molar-refractivity contribution is 0.209. The fourth-order valence-corrected chi connectivity index (χ4v) is 3.05. The Morgan fingerprint density at radius 3 is 2.64 bits per heavy atom. The Balaban J connectivity index is 1.75. The summed E-state index contributed by atoms with van der Waals surface area (Å²) in [5.41, 5.74) is 1.91. The number of pyridine rings is 1. The SMILES string of the molecule is CC(C)[C@H](CO)NCc1nc(N2Cc3cccc(F)c3C2)ccc1F. The number of nitrogens with one attached hydrogen (secondary N) is 1. The van der Waals surface area contributed by atoms with Crippen LogP contribution in [-0.4, -0.2) is 22.7 Å². The molecule has 1 aliphatic heterocycles. The molecule has 1 aromatic heterocycles. The lowest BCUT2D eigenvalue weighted by atomic mass is 10.1. The van der Waals surface area contributed by atoms with Gasteiger partial charge in [0, 0.05) is 31.2 Å². The molecule has 25 heavy (non-hydrogen) atoms. The molecule has 2 heterocycles. The number of aromatic nitrogens is 1. The summed E-state index contributed by atoms with van der Waals surface area (Å²) in [6.07, 6.45) is 0. The van der Waals surface area contributed by atoms with Crippen molar-refractivity contribution in [1.29, 1.82) is 0 Å². The fraction of sp³-hybridized carbons (Fsp3) is 0.421. The Morgan fingerprint density at radius 2 is 1.96 bits per heavy atom. The van der Waals surface area contributed by atoms with E-state index in [1.54, 1.807) is 12.1 Å². The molecule has 1 atom stereocenters. The second-order valence-electron chi connectivity index (χ2n) is 6.75. The van der Waals surface area contributed by atoms with Gasteiger partial charge in [-0.2, -0.15) is 0 Å². The van der Waals surface area contributed by atoms with E-state index in [0.717, 1.165) is 5.56 Å². The second-order valence-corrected chi connectivity index (χ2v) is 6.75. The largest absolute Gasteiger partial charge is 0.395 e. The predicted octanol–water partition coefficient (Wildman–Crippen LogP) is 2.99. The number of halogens is 2. The van der Waals surface area contributed by atoms with Gasteiger partial charge in [0.1, 0.15) is 17.5 Å². The van der Waals surface area contributed by atoms with Crippen LogP contribution < -0.4 is 10.2 Å². The molecule has 4 nitrogen and oxygen atoms in total. The second kappa shape index (κ2) is 7.45. The summed E-state index contributed by atoms with van der Waals surface area (Å²) in [6.45, 7) is 5.19. The zero-order valence-electron chi connectivity index (χ0n) is 14.5. The van der Waals surface area contributed by atoms with E-state index >= 15 is 0 Å². The summed E-state index contributed by atoms with van der Waals surface area (Å²) in [7, 11) is 0. The third kappa shape index (κ3) is 3.80. The molecule has 0 spiro atoms. The number of aliphatic hydroxyl groups is 1. The van der Waals surface area contributed by atoms with Gasteiger partial charge in [-0.1, -0.05) is 26.0 Å². The average Bonchev–Trinajstić information content (AvgIpc) is 3.02. The van der Waals surface area contributed by atoms with Crippen LogP contribution >= 0.6 is 0 Å². The Morgan fingerprint density at radius 1 is 1.16 bits per heavy atom. The summed E-state index contributed by atoms with van der Waals surface area (Å²) < 4.78 is 28.0. The quantitative estimate of drug-likeness (QED) is 0.843. The van der Waals surface area contributed by atoms with Gasteiger partial charge in [-0.15, -0.1) is 0 Å². The molecule has 0 bridgehead atoms. The molecule has 1 aromatic carbocycles. The molecule has 0 saturated heterocycles. The summed E-state index contributed by atoms with van der Waals surface area (Å²) in [5, 5.41) is 12.5. The molecule has 2 N–H and O–H groups in total. The van der Waals surface area contributed by atoms with Crippen molar-refractivity contribution in [3.63, 3.8) is 0 Å². The van der Waals surface area contributed by atoms with E-state index in [1.165, 1.54) is 12.1 Å². The van der Waals surface area contributed by atoms with Crippen molar-refractivity contribution < 1.29 is 13.9 Å². The van der Waals surface area contributed by atoms with Crippen molar-refractivity contribution in [2.75, 3.05) is 11.5 Å². The van der Waals surface area contributed by atoms with Gasteiger partial charge < -0.3 is 15.3 Å². The van der Waals surface area contributed by atoms with Crippen LogP contribution in [0.4, 0.5) is 14.6 Å². The van der Waals surface area contributed by atoms with Crippen LogP contribution in [0.1, 0.15) is 30.7 Å². The van der Waals surface area contributed by atoms with E-state index < -0.39 is 0 Å². The normalized spacial score (nSPS) is 14.9. The number of benzene rings is 1. The monoisotopic (exact) mass is 347 g/mol. The molecule has 0 amide bonds. The number of aliphatic hydroxyl groups excluding tert-OH is 1. The highest BCUT2D eigenvalue weighted by atomic mass is 19.1. The number of rotatable bonds is 6. The predicted molar refractivity (Wildman–Crippen MR) is 93.0 cm³/mol. The number of hydrogen-bond acceptors (Lipinski definition) is 4. The molecular weight excluding hydrogens is 324 g/mol. The van der Waals surface area contributed by atoms with Crippen LogP contribution in [0.15, 0.2) is 30.3 Å². The molecule has 3 rings (SSSR count). The minimum Gasteiger partial charge on any atom is -0.395 e. The van der Waals surface area contributed by atoms with Gasteiger partial charge >= 0.3 is 0 Å². The summed E-state index contributed by atoms with van der Waals surface area (Å²) in [4.78, 5) is 6.35. The first kappa shape index (κ1) is 17.8. The highest BCUT2D eigenvalue weighted by Gasteiger charge is 2.23. The Bertz CT molecular complexity index is 751. The topological polar surface area (TPSA) is 48.4 Å². The van der Waals surface area contributed by atoms with Crippen LogP contribution in [0.5, 0.6) is 0 Å². The third-order valence-corrected chi connectivity index (χ3v) is 4.69. The molecule has 0 radical (unpaired) electrons. The van der Waals surface area contributed by atoms with E-state index in [-0.39, 0.29) is 36.7 Å². The molecule has 1 aliphatic rings. The Kier molecular flexibility index (Phi) is 5.30. The maximum atomic E-state index is 14.1. The molecule has 0 saturated carbocycles. The number of nitrogens with zero attached hydrogens (tertiary/aromatic N) is 2. The van der Waals surface area contributed by atoms with Crippen LogP contribution in [0.3, 0.4) is 0 Å². The van der Waals surface area contributed by atoms with Crippen LogP contribution in [0.25, 0.3) is 0 Å². The zero-order chi connectivity index (χ0) is 18.0. The maximum absolute atomic E-state index is 14.1. The lowest BCUT2D eigenvalue weighted by Crippen LogP contribution is -2.37. The highest BCUT2D eigenvalue weighted by Crippen LogP contribution is 2.29. The van der Waals surface area contributed by atoms with Crippen molar-refractivity contribution in [2.24, 2.45) is 5.92 Å². The molecule has 0 fully saturated rings. The zero-order valence-corrected chi connectivity index (χ0v) is 14.5. The van der Waals surface area contributed by atoms with E-state index in [2.05, 4.69) is 10.3 Å². The third-order valence-electron chi connectivity index (χ3n) is 4.69. The first-order chi connectivity index (χ1) is 12.0. The summed E-state index contributed by atoms with van der Waals surface area (Å²) in [5.74, 6) is 0.248. The van der Waals surface area contributed by atoms with Gasteiger partial charge in [0.15, 0.2) is 0 Å². The van der Waals surface area contributed by atoms with Crippen molar-refractivity contribution in [3.8, 4) is 0 Å². The number of anilines is 1. The minimum atomic E-state index is -0.389. The van der Waals surface area contributed by atoms with Gasteiger partial charge in [0.05, 0.1) is 12.3 Å². The van der Waals surface area contributed by atoms with Crippen LogP contribution in [-0.2, 0) is 19.6 Å². The average molecular weight is 347 g/mol. The van der Waals surface area contributed by atoms with Gasteiger partial charge in [0.2, 0.25) is 0 Å². The molecule has 2 aromatic rings. The first-order valence-electron chi connectivity index (χ1n) is 8.50. The summed E-state index contributed by atoms with van der Waals surface area (Å²) >= 11 is 0. The lowest BCUT2D eigenvalue weighted by Gasteiger charge is -2.21. The van der Waals surface area contributed by atoms with Crippen molar-refractivity contribution in [2.45, 2.75) is 39.5 Å². The number of hydrogen-bond donors (Lipinski definition) is 2. The van der Waals surface area contributed by atoms with E-state index in [1.807, 2.05) is 24.8 Å². The molecule has 6 heteroatoms. The smallest absolute Gasteiger partial charge is 0.146 e. The van der Waals surface area contributed by atoms with Gasteiger partial charge in [0.25, 0.3) is 0 Å². The van der Waals surface area contributed by atoms with E-state index in [4.69, 9.17) is 0 Å². The highest BCUT2D eigenvalue weighted by molar-refractivity contribution is 5.48. The Hall–Kier alpha value is -2.05. The molecule has 134 valence electrons. The number of fused-ring (bicyclic) bond motifs is 1. The molecule has 0 aliphatic carbocycles. The Labute approximate surface area is 146 Å². The standard InChI is InChI=1S/C19H23F2N3O/c1-12(2)18(11-25)22-8-17-16(21)6-7-19(23-17)24-9-13-4-3-5-15(20)14(13)10-24/h3-7,12,18,22,25H,8-11H2,1-2H3/t18-/m0/s1.